The molecule has 51 heavy (non-hydrogen) atoms. The molecule has 0 aromatic heterocycles. The fraction of sp³-hybridized carbons (Fsp3) is 0.850. The van der Waals surface area contributed by atoms with Gasteiger partial charge in [-0.3, -0.25) is 9.59 Å². The van der Waals surface area contributed by atoms with E-state index in [-0.39, 0.29) is 30.0 Å². The van der Waals surface area contributed by atoms with Crippen LogP contribution in [0.1, 0.15) is 99.3 Å². The Morgan fingerprint density at radius 1 is 1.02 bits per heavy atom. The van der Waals surface area contributed by atoms with Crippen molar-refractivity contribution in [3.05, 3.63) is 23.8 Å². The zero-order valence-electron chi connectivity index (χ0n) is 32.8. The summed E-state index contributed by atoms with van der Waals surface area (Å²) >= 11 is 0. The number of piperidine rings is 1. The van der Waals surface area contributed by atoms with Crippen LogP contribution < -0.4 is 5.32 Å². The highest BCUT2D eigenvalue weighted by atomic mass is 16.7. The van der Waals surface area contributed by atoms with Crippen LogP contribution in [0.4, 0.5) is 0 Å². The lowest BCUT2D eigenvalue weighted by atomic mass is 9.79. The molecule has 4 N–H and O–H groups in total. The number of carbonyl (C=O) groups excluding carboxylic acids is 2. The highest BCUT2D eigenvalue weighted by molar-refractivity contribution is 5.91. The van der Waals surface area contributed by atoms with Gasteiger partial charge >= 0.3 is 5.97 Å². The number of likely N-dealkylation sites (tertiary alicyclic amines) is 1. The lowest BCUT2D eigenvalue weighted by Gasteiger charge is -2.47. The molecule has 11 nitrogen and oxygen atoms in total. The number of unbranched alkanes of at least 4 members (excludes halogenated alkanes) is 1. The van der Waals surface area contributed by atoms with Gasteiger partial charge in [-0.1, -0.05) is 58.3 Å². The van der Waals surface area contributed by atoms with Crippen LogP contribution in [0.3, 0.4) is 0 Å². The van der Waals surface area contributed by atoms with Crippen LogP contribution in [-0.4, -0.2) is 133 Å². The number of nitrogens with one attached hydrogen (secondary N) is 1. The fourth-order valence-corrected chi connectivity index (χ4v) is 7.98. The smallest absolute Gasteiger partial charge is 0.308 e. The van der Waals surface area contributed by atoms with Crippen LogP contribution in [0.2, 0.25) is 0 Å². The van der Waals surface area contributed by atoms with Crippen molar-refractivity contribution in [3.8, 4) is 0 Å². The van der Waals surface area contributed by atoms with Gasteiger partial charge in [0.25, 0.3) is 0 Å². The molecule has 0 saturated carbocycles. The third-order valence-electron chi connectivity index (χ3n) is 11.3. The Balaban J connectivity index is 2.01. The third kappa shape index (κ3) is 13.3. The highest BCUT2D eigenvalue weighted by Gasteiger charge is 2.47. The van der Waals surface area contributed by atoms with E-state index >= 15 is 0 Å². The van der Waals surface area contributed by atoms with Crippen molar-refractivity contribution in [2.45, 2.75) is 148 Å². The average molecular weight is 722 g/mol. The fourth-order valence-electron chi connectivity index (χ4n) is 7.98. The maximum Gasteiger partial charge on any atom is 0.308 e. The van der Waals surface area contributed by atoms with Crippen molar-refractivity contribution in [2.24, 2.45) is 23.7 Å². The number of likely N-dealkylation sites (N-methyl/N-ethyl adjacent to an activating group) is 1. The molecule has 0 amide bonds. The first kappa shape index (κ1) is 43.7. The number of esters is 1. The van der Waals surface area contributed by atoms with E-state index in [1.54, 1.807) is 32.0 Å². The number of hydrogen-bond acceptors (Lipinski definition) is 11. The van der Waals surface area contributed by atoms with Gasteiger partial charge in [0.2, 0.25) is 0 Å². The van der Waals surface area contributed by atoms with Crippen molar-refractivity contribution < 1.29 is 39.1 Å². The van der Waals surface area contributed by atoms with E-state index in [1.165, 1.54) is 6.42 Å². The second kappa shape index (κ2) is 21.9. The van der Waals surface area contributed by atoms with Crippen LogP contribution in [0.25, 0.3) is 0 Å². The van der Waals surface area contributed by atoms with Gasteiger partial charge in [-0.15, -0.1) is 0 Å². The first-order chi connectivity index (χ1) is 24.3. The first-order valence-electron chi connectivity index (χ1n) is 19.8. The van der Waals surface area contributed by atoms with Gasteiger partial charge in [-0.2, -0.15) is 0 Å². The number of carbonyl (C=O) groups is 2. The summed E-state index contributed by atoms with van der Waals surface area (Å²) in [5, 5.41) is 37.6. The summed E-state index contributed by atoms with van der Waals surface area (Å²) in [7, 11) is 3.59. The summed E-state index contributed by atoms with van der Waals surface area (Å²) in [4.78, 5) is 31.4. The van der Waals surface area contributed by atoms with Gasteiger partial charge in [-0.25, -0.2) is 0 Å². The summed E-state index contributed by atoms with van der Waals surface area (Å²) in [5.41, 5.74) is 0.922. The van der Waals surface area contributed by atoms with Crippen molar-refractivity contribution in [3.63, 3.8) is 0 Å². The maximum atomic E-state index is 13.7. The molecule has 294 valence electrons. The zero-order valence-corrected chi connectivity index (χ0v) is 32.8. The summed E-state index contributed by atoms with van der Waals surface area (Å²) in [6.07, 6.45) is 6.82. The van der Waals surface area contributed by atoms with E-state index in [1.807, 2.05) is 33.8 Å². The normalized spacial score (nSPS) is 37.0. The molecule has 0 aliphatic carbocycles. The largest absolute Gasteiger partial charge is 0.462 e. The SMILES string of the molecule is CCCCNCC1C=C(C)C=CC(=O)C(C)CC(CCN2CCCCC2)C(O[C@@H]2O[C@H](C)[C@@H](O)[C@H](N(C)C)[C@H]2O)C(C)C(O)CC(=O)OC1CC. The standard InChI is InChI=1S/C40H71N3O8/c1-9-11-18-41-25-31-22-26(3)15-16-32(44)27(4)23-30(17-21-43-19-13-12-14-20-43)39(28(5)33(45)24-35(46)50-34(31)10-2)51-40-38(48)36(42(7)8)37(47)29(6)49-40/h15-16,22,27-31,33-34,36-41,45,47-48H,9-14,17-21,23-25H2,1-8H3/t27?,28?,29-,30?,31?,33?,34?,36+,37-,38-,39?,40+/m1/s1. The lowest BCUT2D eigenvalue weighted by Crippen LogP contribution is -2.63. The van der Waals surface area contributed by atoms with Crippen molar-refractivity contribution in [1.82, 2.24) is 15.1 Å². The molecule has 2 fully saturated rings. The Labute approximate surface area is 308 Å². The zero-order chi connectivity index (χ0) is 37.7. The van der Waals surface area contributed by atoms with Gasteiger partial charge in [0.05, 0.1) is 36.9 Å². The van der Waals surface area contributed by atoms with Gasteiger partial charge in [0, 0.05) is 24.3 Å². The minimum absolute atomic E-state index is 0.0132. The van der Waals surface area contributed by atoms with Crippen molar-refractivity contribution in [2.75, 3.05) is 46.8 Å². The molecule has 3 aliphatic heterocycles. The number of rotatable bonds is 12. The number of nitrogens with zero attached hydrogens (tertiary/aromatic N) is 2. The number of allylic oxidation sites excluding steroid dienone is 3. The first-order valence-corrected chi connectivity index (χ1v) is 19.8. The molecule has 0 spiro atoms. The number of ether oxygens (including phenoxy) is 3. The van der Waals surface area contributed by atoms with Crippen LogP contribution in [0.5, 0.6) is 0 Å². The number of aliphatic hydroxyl groups is 3. The Morgan fingerprint density at radius 2 is 1.73 bits per heavy atom. The van der Waals surface area contributed by atoms with E-state index in [2.05, 4.69) is 23.2 Å². The van der Waals surface area contributed by atoms with E-state index in [4.69, 9.17) is 14.2 Å². The van der Waals surface area contributed by atoms with Crippen LogP contribution >= 0.6 is 0 Å². The van der Waals surface area contributed by atoms with Crippen LogP contribution in [-0.2, 0) is 23.8 Å². The maximum absolute atomic E-state index is 13.7. The minimum atomic E-state index is -1.17. The molecular formula is C40H71N3O8. The second-order valence-corrected chi connectivity index (χ2v) is 15.8. The van der Waals surface area contributed by atoms with Crippen LogP contribution in [0.15, 0.2) is 23.8 Å². The summed E-state index contributed by atoms with van der Waals surface area (Å²) in [5.74, 6) is -1.69. The molecule has 2 saturated heterocycles. The average Bonchev–Trinajstić information content (AvgIpc) is 3.09. The van der Waals surface area contributed by atoms with Crippen molar-refractivity contribution >= 4 is 11.8 Å². The molecule has 11 heteroatoms. The van der Waals surface area contributed by atoms with Gasteiger partial charge in [0.15, 0.2) is 12.1 Å². The quantitative estimate of drug-likeness (QED) is 0.171. The third-order valence-corrected chi connectivity index (χ3v) is 11.3. The molecule has 7 unspecified atom stereocenters. The molecule has 0 aromatic carbocycles. The van der Waals surface area contributed by atoms with Gasteiger partial charge < -0.3 is 44.6 Å². The Bertz CT molecular complexity index is 1110. The second-order valence-electron chi connectivity index (χ2n) is 15.8. The van der Waals surface area contributed by atoms with E-state index in [0.29, 0.717) is 25.8 Å². The Kier molecular flexibility index (Phi) is 18.7. The predicted octanol–water partition coefficient (Wildman–Crippen LogP) is 4.09. The van der Waals surface area contributed by atoms with Gasteiger partial charge in [0.1, 0.15) is 12.2 Å². The van der Waals surface area contributed by atoms with E-state index in [9.17, 15) is 24.9 Å². The van der Waals surface area contributed by atoms with Gasteiger partial charge in [-0.05, 0) is 105 Å². The Morgan fingerprint density at radius 3 is 2.37 bits per heavy atom. The van der Waals surface area contributed by atoms with Crippen LogP contribution in [0, 0.1) is 23.7 Å². The molecular weight excluding hydrogens is 650 g/mol. The molecule has 0 radical (unpaired) electrons. The molecule has 3 aliphatic rings. The number of hydrogen-bond donors (Lipinski definition) is 4. The minimum Gasteiger partial charge on any atom is -0.462 e. The molecule has 3 heterocycles. The van der Waals surface area contributed by atoms with Crippen molar-refractivity contribution in [1.29, 1.82) is 0 Å². The number of ketones is 1. The summed E-state index contributed by atoms with van der Waals surface area (Å²) < 4.78 is 18.9. The monoisotopic (exact) mass is 722 g/mol. The summed E-state index contributed by atoms with van der Waals surface area (Å²) in [6.45, 7) is 16.0. The number of cyclic esters (lactones) is 1. The molecule has 12 atom stereocenters. The molecule has 0 bridgehead atoms. The lowest BCUT2D eigenvalue weighted by molar-refractivity contribution is -0.304. The predicted molar refractivity (Wildman–Crippen MR) is 200 cm³/mol. The molecule has 3 rings (SSSR count). The van der Waals surface area contributed by atoms with E-state index in [0.717, 1.165) is 57.4 Å². The topological polar surface area (TPSA) is 141 Å². The number of aliphatic hydroxyl groups excluding tert-OH is 3. The van der Waals surface area contributed by atoms with E-state index < -0.39 is 60.8 Å². The highest BCUT2D eigenvalue weighted by Crippen LogP contribution is 2.35. The summed E-state index contributed by atoms with van der Waals surface area (Å²) in [6, 6.07) is -0.635. The molecule has 0 aromatic rings. The Hall–Kier alpha value is -1.70.